The molecule has 0 saturated carbocycles. The molecule has 0 radical (unpaired) electrons. The van der Waals surface area contributed by atoms with Gasteiger partial charge in [0.15, 0.2) is 0 Å². The number of benzene rings is 2. The van der Waals surface area contributed by atoms with Crippen LogP contribution in [0.3, 0.4) is 0 Å². The van der Waals surface area contributed by atoms with Crippen LogP contribution in [0.4, 0.5) is 26.0 Å². The van der Waals surface area contributed by atoms with Crippen LogP contribution >= 0.6 is 0 Å². The van der Waals surface area contributed by atoms with Gasteiger partial charge in [-0.2, -0.15) is 9.37 Å². The van der Waals surface area contributed by atoms with Gasteiger partial charge in [-0.15, -0.1) is 5.10 Å². The van der Waals surface area contributed by atoms with E-state index in [2.05, 4.69) is 20.6 Å². The zero-order chi connectivity index (χ0) is 17.6. The molecule has 0 atom stereocenters. The molecular formula is C16H13F2N7. The molecule has 0 amide bonds. The van der Waals surface area contributed by atoms with Crippen molar-refractivity contribution in [3.63, 3.8) is 0 Å². The molecule has 2 heterocycles. The first-order valence-corrected chi connectivity index (χ1v) is 7.39. The van der Waals surface area contributed by atoms with E-state index in [-0.39, 0.29) is 11.6 Å². The highest BCUT2D eigenvalue weighted by Gasteiger charge is 2.17. The van der Waals surface area contributed by atoms with Gasteiger partial charge in [0.1, 0.15) is 11.6 Å². The van der Waals surface area contributed by atoms with Gasteiger partial charge in [0.2, 0.25) is 0 Å². The van der Waals surface area contributed by atoms with Gasteiger partial charge >= 0.3 is 6.08 Å². The molecule has 7 nitrogen and oxygen atoms in total. The zero-order valence-corrected chi connectivity index (χ0v) is 13.1. The number of anilines is 3. The Hall–Kier alpha value is -3.33. The lowest BCUT2D eigenvalue weighted by molar-refractivity contribution is 0.532. The van der Waals surface area contributed by atoms with Crippen LogP contribution in [0.1, 0.15) is 0 Å². The second-order valence-electron chi connectivity index (χ2n) is 5.46. The first-order chi connectivity index (χ1) is 12.1. The average Bonchev–Trinajstić information content (AvgIpc) is 3.01. The smallest absolute Gasteiger partial charge is 0.315 e. The molecule has 9 heteroatoms. The second-order valence-corrected chi connectivity index (χ2v) is 5.46. The van der Waals surface area contributed by atoms with Crippen LogP contribution in [0.2, 0.25) is 0 Å². The van der Waals surface area contributed by atoms with Crippen molar-refractivity contribution in [3.8, 4) is 0 Å². The SMILES string of the molecule is CN(c1cccc(F)c1)c1nc2nnc(F)n2c2cc(NN)ccc12. The van der Waals surface area contributed by atoms with E-state index < -0.39 is 6.08 Å². The number of nitrogens with one attached hydrogen (secondary N) is 1. The highest BCUT2D eigenvalue weighted by Crippen LogP contribution is 2.31. The number of fused-ring (bicyclic) bond motifs is 3. The lowest BCUT2D eigenvalue weighted by Gasteiger charge is -2.20. The van der Waals surface area contributed by atoms with Crippen molar-refractivity contribution in [2.24, 2.45) is 5.84 Å². The summed E-state index contributed by atoms with van der Waals surface area (Å²) in [5, 5.41) is 7.83. The molecule has 0 bridgehead atoms. The number of halogens is 2. The van der Waals surface area contributed by atoms with E-state index in [1.54, 1.807) is 42.3 Å². The molecule has 0 spiro atoms. The summed E-state index contributed by atoms with van der Waals surface area (Å²) in [5.41, 5.74) is 4.20. The fourth-order valence-electron chi connectivity index (χ4n) is 2.75. The maximum atomic E-state index is 14.1. The Bertz CT molecular complexity index is 1090. The minimum Gasteiger partial charge on any atom is -0.329 e. The molecule has 2 aromatic carbocycles. The maximum Gasteiger partial charge on any atom is 0.315 e. The largest absolute Gasteiger partial charge is 0.329 e. The van der Waals surface area contributed by atoms with Gasteiger partial charge < -0.3 is 10.3 Å². The molecule has 0 aliphatic carbocycles. The number of nitrogens with zero attached hydrogens (tertiary/aromatic N) is 5. The number of hydrogen-bond acceptors (Lipinski definition) is 6. The molecule has 2 aromatic heterocycles. The molecule has 0 saturated heterocycles. The lowest BCUT2D eigenvalue weighted by Crippen LogP contribution is -2.14. The highest BCUT2D eigenvalue weighted by atomic mass is 19.1. The molecule has 4 aromatic rings. The van der Waals surface area contributed by atoms with Crippen molar-refractivity contribution < 1.29 is 8.78 Å². The van der Waals surface area contributed by atoms with Crippen LogP contribution in [-0.4, -0.2) is 26.6 Å². The van der Waals surface area contributed by atoms with E-state index in [1.165, 1.54) is 16.5 Å². The molecule has 4 rings (SSSR count). The third-order valence-electron chi connectivity index (χ3n) is 3.97. The van der Waals surface area contributed by atoms with Gasteiger partial charge in [-0.1, -0.05) is 11.2 Å². The standard InChI is InChI=1S/C16H13F2N7/c1-24(11-4-2-3-9(17)7-11)14-12-6-5-10(21-19)8-13(12)25-15(18)22-23-16(25)20-14/h2-8,21H,19H2,1H3. The van der Waals surface area contributed by atoms with Crippen LogP contribution in [-0.2, 0) is 0 Å². The molecule has 0 fully saturated rings. The summed E-state index contributed by atoms with van der Waals surface area (Å²) < 4.78 is 28.8. The summed E-state index contributed by atoms with van der Waals surface area (Å²) in [5.74, 6) is 5.67. The van der Waals surface area contributed by atoms with Gasteiger partial charge in [-0.05, 0) is 36.4 Å². The summed E-state index contributed by atoms with van der Waals surface area (Å²) in [4.78, 5) is 6.09. The van der Waals surface area contributed by atoms with E-state index in [9.17, 15) is 8.78 Å². The van der Waals surface area contributed by atoms with Crippen molar-refractivity contribution in [2.75, 3.05) is 17.4 Å². The second kappa shape index (κ2) is 5.64. The maximum absolute atomic E-state index is 14.1. The van der Waals surface area contributed by atoms with Gasteiger partial charge in [0.25, 0.3) is 5.78 Å². The normalized spacial score (nSPS) is 11.2. The number of nitrogens with two attached hydrogens (primary N) is 1. The first kappa shape index (κ1) is 15.2. The Morgan fingerprint density at radius 2 is 1.96 bits per heavy atom. The lowest BCUT2D eigenvalue weighted by atomic mass is 10.2. The quantitative estimate of drug-likeness (QED) is 0.440. The minimum absolute atomic E-state index is 0.0948. The number of hydrazine groups is 1. The average molecular weight is 341 g/mol. The van der Waals surface area contributed by atoms with E-state index >= 15 is 0 Å². The van der Waals surface area contributed by atoms with Crippen LogP contribution in [0.25, 0.3) is 16.7 Å². The fraction of sp³-hybridized carbons (Fsp3) is 0.0625. The van der Waals surface area contributed by atoms with Crippen molar-refractivity contribution in [3.05, 3.63) is 54.4 Å². The van der Waals surface area contributed by atoms with E-state index in [1.807, 2.05) is 0 Å². The summed E-state index contributed by atoms with van der Waals surface area (Å²) in [6.07, 6.45) is -0.776. The molecule has 25 heavy (non-hydrogen) atoms. The van der Waals surface area contributed by atoms with Crippen molar-refractivity contribution in [1.82, 2.24) is 19.6 Å². The molecule has 0 unspecified atom stereocenters. The number of hydrogen-bond donors (Lipinski definition) is 2. The third kappa shape index (κ3) is 2.41. The minimum atomic E-state index is -0.776. The predicted octanol–water partition coefficient (Wildman–Crippen LogP) is 2.61. The summed E-state index contributed by atoms with van der Waals surface area (Å²) in [6.45, 7) is 0. The Balaban J connectivity index is 2.02. The molecule has 0 aliphatic heterocycles. The Morgan fingerprint density at radius 3 is 2.72 bits per heavy atom. The van der Waals surface area contributed by atoms with Crippen LogP contribution in [0.5, 0.6) is 0 Å². The van der Waals surface area contributed by atoms with Crippen molar-refractivity contribution in [1.29, 1.82) is 0 Å². The number of rotatable bonds is 3. The van der Waals surface area contributed by atoms with Crippen molar-refractivity contribution >= 4 is 33.9 Å². The van der Waals surface area contributed by atoms with Crippen LogP contribution < -0.4 is 16.2 Å². The predicted molar refractivity (Wildman–Crippen MR) is 90.5 cm³/mol. The Labute approximate surface area is 140 Å². The highest BCUT2D eigenvalue weighted by molar-refractivity contribution is 5.95. The van der Waals surface area contributed by atoms with Crippen LogP contribution in [0, 0.1) is 11.9 Å². The van der Waals surface area contributed by atoms with Gasteiger partial charge in [-0.3, -0.25) is 5.84 Å². The van der Waals surface area contributed by atoms with E-state index in [4.69, 9.17) is 5.84 Å². The van der Waals surface area contributed by atoms with E-state index in [0.29, 0.717) is 28.1 Å². The van der Waals surface area contributed by atoms with Gasteiger partial charge in [-0.25, -0.2) is 8.79 Å². The van der Waals surface area contributed by atoms with E-state index in [0.717, 1.165) is 0 Å². The topological polar surface area (TPSA) is 84.4 Å². The van der Waals surface area contributed by atoms with Crippen molar-refractivity contribution in [2.45, 2.75) is 0 Å². The van der Waals surface area contributed by atoms with Gasteiger partial charge in [0.05, 0.1) is 11.2 Å². The summed E-state index contributed by atoms with van der Waals surface area (Å²) >= 11 is 0. The molecule has 0 aliphatic rings. The first-order valence-electron chi connectivity index (χ1n) is 7.39. The van der Waals surface area contributed by atoms with Gasteiger partial charge in [0, 0.05) is 18.1 Å². The molecule has 126 valence electrons. The van der Waals surface area contributed by atoms with Crippen LogP contribution in [0.15, 0.2) is 42.5 Å². The number of nitrogen functional groups attached to an aromatic ring is 1. The zero-order valence-electron chi connectivity index (χ0n) is 13.1. The molecular weight excluding hydrogens is 328 g/mol. The Morgan fingerprint density at radius 1 is 1.12 bits per heavy atom. The molecule has 3 N–H and O–H groups in total. The fourth-order valence-corrected chi connectivity index (χ4v) is 2.75. The summed E-state index contributed by atoms with van der Waals surface area (Å²) in [6, 6.07) is 11.3. The summed E-state index contributed by atoms with van der Waals surface area (Å²) in [7, 11) is 1.74. The number of aromatic nitrogens is 4. The Kier molecular flexibility index (Phi) is 3.43. The third-order valence-corrected chi connectivity index (χ3v) is 3.97. The monoisotopic (exact) mass is 341 g/mol.